The van der Waals surface area contributed by atoms with Crippen LogP contribution in [0.5, 0.6) is 0 Å². The van der Waals surface area contributed by atoms with E-state index in [9.17, 15) is 0 Å². The molecule has 45 valence electrons. The monoisotopic (exact) mass is 127 g/mol. The zero-order chi connectivity index (χ0) is 5.40. The van der Waals surface area contributed by atoms with E-state index in [1.165, 1.54) is 25.7 Å². The van der Waals surface area contributed by atoms with Crippen LogP contribution in [-0.4, -0.2) is 10.5 Å². The molecule has 1 heteroatoms. The van der Waals surface area contributed by atoms with Crippen LogP contribution in [0.3, 0.4) is 0 Å². The summed E-state index contributed by atoms with van der Waals surface area (Å²) in [6.07, 6.45) is 8.23. The molecular weight excluding hydrogens is 116 g/mol. The molecule has 2 fully saturated rings. The van der Waals surface area contributed by atoms with Crippen LogP contribution in [0.25, 0.3) is 0 Å². The third-order valence-electron chi connectivity index (χ3n) is 2.05. The lowest BCUT2D eigenvalue weighted by atomic mass is 10.2. The second-order valence-electron chi connectivity index (χ2n) is 2.72. The first kappa shape index (κ1) is 5.16. The highest BCUT2D eigenvalue weighted by atomic mass is 32.2. The van der Waals surface area contributed by atoms with Crippen molar-refractivity contribution in [3.63, 3.8) is 0 Å². The Morgan fingerprint density at radius 2 is 1.75 bits per heavy atom. The quantitative estimate of drug-likeness (QED) is 0.481. The average molecular weight is 127 g/mol. The van der Waals surface area contributed by atoms with E-state index >= 15 is 0 Å². The molecule has 0 amide bonds. The molecule has 1 radical (unpaired) electrons. The van der Waals surface area contributed by atoms with Gasteiger partial charge in [0.05, 0.1) is 0 Å². The van der Waals surface area contributed by atoms with Gasteiger partial charge in [0.2, 0.25) is 0 Å². The summed E-state index contributed by atoms with van der Waals surface area (Å²) in [6.45, 7) is 0. The summed E-state index contributed by atoms with van der Waals surface area (Å²) in [5.74, 6) is 0. The molecule has 0 N–H and O–H groups in total. The van der Waals surface area contributed by atoms with E-state index in [1.54, 1.807) is 0 Å². The fourth-order valence-corrected chi connectivity index (χ4v) is 3.18. The lowest BCUT2D eigenvalue weighted by Crippen LogP contribution is -2.05. The van der Waals surface area contributed by atoms with Crippen molar-refractivity contribution in [1.82, 2.24) is 0 Å². The van der Waals surface area contributed by atoms with Gasteiger partial charge in [-0.1, -0.05) is 0 Å². The molecule has 8 heavy (non-hydrogen) atoms. The molecule has 0 saturated carbocycles. The number of thioether (sulfide) groups is 1. The molecule has 2 aliphatic rings. The Balaban J connectivity index is 2.03. The zero-order valence-corrected chi connectivity index (χ0v) is 5.79. The Bertz CT molecular complexity index is 76.4. The van der Waals surface area contributed by atoms with Gasteiger partial charge in [0, 0.05) is 10.5 Å². The van der Waals surface area contributed by atoms with Gasteiger partial charge in [0.15, 0.2) is 0 Å². The van der Waals surface area contributed by atoms with Crippen molar-refractivity contribution < 1.29 is 0 Å². The number of fused-ring (bicyclic) bond motifs is 2. The molecule has 0 aromatic carbocycles. The first-order valence-corrected chi connectivity index (χ1v) is 4.36. The zero-order valence-electron chi connectivity index (χ0n) is 4.97. The summed E-state index contributed by atoms with van der Waals surface area (Å²) >= 11 is 2.22. The van der Waals surface area contributed by atoms with Crippen LogP contribution in [0, 0.1) is 6.42 Å². The van der Waals surface area contributed by atoms with Crippen molar-refractivity contribution >= 4 is 11.8 Å². The minimum absolute atomic E-state index is 1.02. The summed E-state index contributed by atoms with van der Waals surface area (Å²) < 4.78 is 0. The van der Waals surface area contributed by atoms with Gasteiger partial charge in [0.25, 0.3) is 0 Å². The maximum Gasteiger partial charge on any atom is 0.00529 e. The predicted molar refractivity (Wildman–Crippen MR) is 37.9 cm³/mol. The van der Waals surface area contributed by atoms with Gasteiger partial charge in [-0.3, -0.25) is 0 Å². The number of hydrogen-bond donors (Lipinski definition) is 0. The molecule has 2 bridgehead atoms. The molecule has 0 nitrogen and oxygen atoms in total. The maximum absolute atomic E-state index is 2.47. The van der Waals surface area contributed by atoms with E-state index in [0.29, 0.717) is 0 Å². The molecule has 2 unspecified atom stereocenters. The Morgan fingerprint density at radius 3 is 2.25 bits per heavy atom. The number of rotatable bonds is 0. The average Bonchev–Trinajstić information content (AvgIpc) is 2.12. The van der Waals surface area contributed by atoms with Gasteiger partial charge in [-0.25, -0.2) is 0 Å². The van der Waals surface area contributed by atoms with Crippen molar-refractivity contribution in [3.8, 4) is 0 Å². The lowest BCUT2D eigenvalue weighted by molar-refractivity contribution is 0.777. The van der Waals surface area contributed by atoms with Crippen molar-refractivity contribution in [2.24, 2.45) is 0 Å². The summed E-state index contributed by atoms with van der Waals surface area (Å²) in [4.78, 5) is 0. The minimum atomic E-state index is 1.02. The van der Waals surface area contributed by atoms with Crippen molar-refractivity contribution in [3.05, 3.63) is 6.42 Å². The van der Waals surface area contributed by atoms with Gasteiger partial charge in [-0.15, -0.1) is 0 Å². The lowest BCUT2D eigenvalue weighted by Gasteiger charge is -2.16. The van der Waals surface area contributed by atoms with Crippen molar-refractivity contribution in [1.29, 1.82) is 0 Å². The third-order valence-corrected chi connectivity index (χ3v) is 3.68. The van der Waals surface area contributed by atoms with Gasteiger partial charge in [-0.2, -0.15) is 11.8 Å². The molecule has 0 aliphatic carbocycles. The normalized spacial score (nSPS) is 45.0. The summed E-state index contributed by atoms with van der Waals surface area (Å²) in [7, 11) is 0. The second-order valence-corrected chi connectivity index (χ2v) is 4.32. The van der Waals surface area contributed by atoms with Gasteiger partial charge in [-0.05, 0) is 32.1 Å². The second kappa shape index (κ2) is 1.94. The Kier molecular flexibility index (Phi) is 1.25. The van der Waals surface area contributed by atoms with Crippen LogP contribution in [0.1, 0.15) is 25.7 Å². The van der Waals surface area contributed by atoms with E-state index in [-0.39, 0.29) is 0 Å². The van der Waals surface area contributed by atoms with E-state index < -0.39 is 0 Å². The van der Waals surface area contributed by atoms with Crippen LogP contribution in [-0.2, 0) is 0 Å². The van der Waals surface area contributed by atoms with Crippen LogP contribution in [0.4, 0.5) is 0 Å². The third kappa shape index (κ3) is 0.771. The van der Waals surface area contributed by atoms with E-state index in [1.807, 2.05) is 0 Å². The largest absolute Gasteiger partial charge is 0.155 e. The predicted octanol–water partition coefficient (Wildman–Crippen LogP) is 2.25. The van der Waals surface area contributed by atoms with Crippen LogP contribution < -0.4 is 0 Å². The topological polar surface area (TPSA) is 0 Å². The smallest absolute Gasteiger partial charge is 0.00529 e. The molecule has 2 rings (SSSR count). The molecule has 2 atom stereocenters. The summed E-state index contributed by atoms with van der Waals surface area (Å²) in [6, 6.07) is 0. The van der Waals surface area contributed by atoms with E-state index in [2.05, 4.69) is 18.2 Å². The van der Waals surface area contributed by atoms with Crippen LogP contribution in [0.2, 0.25) is 0 Å². The Labute approximate surface area is 55.0 Å². The number of hydrogen-bond acceptors (Lipinski definition) is 1. The minimum Gasteiger partial charge on any atom is -0.155 e. The first-order chi connectivity index (χ1) is 3.95. The van der Waals surface area contributed by atoms with Crippen LogP contribution >= 0.6 is 11.8 Å². The SMILES string of the molecule is [CH]1CC2CCC(C1)S2. The van der Waals surface area contributed by atoms with Crippen LogP contribution in [0.15, 0.2) is 0 Å². The Hall–Kier alpha value is 0.350. The molecule has 0 spiro atoms. The molecule has 2 aliphatic heterocycles. The first-order valence-electron chi connectivity index (χ1n) is 3.42. The molecular formula is C7H11S. The van der Waals surface area contributed by atoms with Gasteiger partial charge >= 0.3 is 0 Å². The summed E-state index contributed by atoms with van der Waals surface area (Å²) in [5.41, 5.74) is 0. The van der Waals surface area contributed by atoms with Gasteiger partial charge in [0.1, 0.15) is 0 Å². The van der Waals surface area contributed by atoms with E-state index in [0.717, 1.165) is 10.5 Å². The molecule has 2 saturated heterocycles. The van der Waals surface area contributed by atoms with E-state index in [4.69, 9.17) is 0 Å². The highest BCUT2D eigenvalue weighted by Crippen LogP contribution is 2.42. The summed E-state index contributed by atoms with van der Waals surface area (Å²) in [5, 5.41) is 2.04. The van der Waals surface area contributed by atoms with Crippen molar-refractivity contribution in [2.75, 3.05) is 0 Å². The molecule has 2 heterocycles. The highest BCUT2D eigenvalue weighted by molar-refractivity contribution is 8.00. The van der Waals surface area contributed by atoms with Crippen molar-refractivity contribution in [2.45, 2.75) is 36.2 Å². The molecule has 0 aromatic rings. The molecule has 0 aromatic heterocycles. The standard InChI is InChI=1S/C7H11S/c1-2-6-4-5-7(3-1)8-6/h1,6-7H,2-5H2. The fraction of sp³-hybridized carbons (Fsp3) is 0.857. The van der Waals surface area contributed by atoms with Gasteiger partial charge < -0.3 is 0 Å². The Morgan fingerprint density at radius 1 is 1.12 bits per heavy atom. The fourth-order valence-electron chi connectivity index (χ4n) is 1.59. The maximum atomic E-state index is 2.47. The highest BCUT2D eigenvalue weighted by Gasteiger charge is 2.28.